The standard InChI is InChI=1S/C18H14F2N2O4/c1-2-26-18(25)22-15-8-17(24)12(20)6-11(15)14-7-16(23)10-4-3-9(19)5-13(10)21-14/h3-8,24H,2H2,1H3,(H,21,23)(H,22,25). The van der Waals surface area contributed by atoms with Crippen LogP contribution in [0.5, 0.6) is 5.75 Å². The molecule has 0 saturated carbocycles. The molecule has 0 radical (unpaired) electrons. The lowest BCUT2D eigenvalue weighted by Gasteiger charge is -2.13. The monoisotopic (exact) mass is 360 g/mol. The summed E-state index contributed by atoms with van der Waals surface area (Å²) in [6.07, 6.45) is -0.811. The van der Waals surface area contributed by atoms with Gasteiger partial charge in [0.25, 0.3) is 0 Å². The number of carbonyl (C=O) groups is 1. The van der Waals surface area contributed by atoms with E-state index < -0.39 is 28.9 Å². The smallest absolute Gasteiger partial charge is 0.411 e. The van der Waals surface area contributed by atoms with Crippen LogP contribution >= 0.6 is 0 Å². The van der Waals surface area contributed by atoms with Gasteiger partial charge in [-0.15, -0.1) is 0 Å². The van der Waals surface area contributed by atoms with Gasteiger partial charge in [-0.25, -0.2) is 13.6 Å². The maximum atomic E-state index is 13.9. The number of aromatic amines is 1. The second-order valence-electron chi connectivity index (χ2n) is 5.43. The number of ether oxygens (including phenoxy) is 1. The van der Waals surface area contributed by atoms with Crippen LogP contribution in [0.2, 0.25) is 0 Å². The molecule has 1 heterocycles. The Morgan fingerprint density at radius 2 is 2.00 bits per heavy atom. The first kappa shape index (κ1) is 17.4. The van der Waals surface area contributed by atoms with E-state index in [1.807, 2.05) is 0 Å². The van der Waals surface area contributed by atoms with Crippen molar-refractivity contribution in [2.75, 3.05) is 11.9 Å². The lowest BCUT2D eigenvalue weighted by Crippen LogP contribution is -2.14. The van der Waals surface area contributed by atoms with Gasteiger partial charge in [0.2, 0.25) is 0 Å². The Balaban J connectivity index is 2.19. The van der Waals surface area contributed by atoms with E-state index in [1.54, 1.807) is 6.92 Å². The third-order valence-electron chi connectivity index (χ3n) is 3.68. The maximum Gasteiger partial charge on any atom is 0.411 e. The van der Waals surface area contributed by atoms with Crippen molar-refractivity contribution in [2.24, 2.45) is 0 Å². The predicted octanol–water partition coefficient (Wildman–Crippen LogP) is 3.75. The van der Waals surface area contributed by atoms with E-state index in [1.165, 1.54) is 12.1 Å². The molecular formula is C18H14F2N2O4. The van der Waals surface area contributed by atoms with Crippen molar-refractivity contribution in [1.29, 1.82) is 0 Å². The molecule has 1 aromatic heterocycles. The largest absolute Gasteiger partial charge is 0.505 e. The van der Waals surface area contributed by atoms with Crippen LogP contribution in [-0.4, -0.2) is 22.8 Å². The van der Waals surface area contributed by atoms with E-state index in [2.05, 4.69) is 10.3 Å². The number of aromatic hydroxyl groups is 1. The number of aromatic nitrogens is 1. The topological polar surface area (TPSA) is 91.4 Å². The molecule has 0 bridgehead atoms. The lowest BCUT2D eigenvalue weighted by atomic mass is 10.1. The Bertz CT molecular complexity index is 1060. The van der Waals surface area contributed by atoms with E-state index in [9.17, 15) is 23.5 Å². The molecule has 0 fully saturated rings. The number of halogens is 2. The predicted molar refractivity (Wildman–Crippen MR) is 92.2 cm³/mol. The molecule has 3 aromatic rings. The number of carbonyl (C=O) groups excluding carboxylic acids is 1. The molecule has 0 aliphatic carbocycles. The van der Waals surface area contributed by atoms with Gasteiger partial charge in [0.05, 0.1) is 23.5 Å². The van der Waals surface area contributed by atoms with Gasteiger partial charge < -0.3 is 14.8 Å². The van der Waals surface area contributed by atoms with Gasteiger partial charge in [0.15, 0.2) is 17.0 Å². The van der Waals surface area contributed by atoms with E-state index in [0.29, 0.717) is 0 Å². The summed E-state index contributed by atoms with van der Waals surface area (Å²) in [5, 5.41) is 12.2. The SMILES string of the molecule is CCOC(=O)Nc1cc(O)c(F)cc1-c1cc(=O)c2ccc(F)cc2[nH]1. The number of hydrogen-bond donors (Lipinski definition) is 3. The Morgan fingerprint density at radius 1 is 1.23 bits per heavy atom. The number of nitrogens with one attached hydrogen (secondary N) is 2. The highest BCUT2D eigenvalue weighted by atomic mass is 19.1. The van der Waals surface area contributed by atoms with Crippen molar-refractivity contribution >= 4 is 22.7 Å². The number of anilines is 1. The minimum atomic E-state index is -0.949. The number of amides is 1. The van der Waals surface area contributed by atoms with Crippen molar-refractivity contribution in [2.45, 2.75) is 6.92 Å². The van der Waals surface area contributed by atoms with Gasteiger partial charge in [-0.2, -0.15) is 0 Å². The average Bonchev–Trinajstić information content (AvgIpc) is 2.57. The highest BCUT2D eigenvalue weighted by Gasteiger charge is 2.16. The van der Waals surface area contributed by atoms with Gasteiger partial charge in [-0.05, 0) is 31.2 Å². The molecule has 1 amide bonds. The number of H-pyrrole nitrogens is 1. The molecular weight excluding hydrogens is 346 g/mol. The molecule has 26 heavy (non-hydrogen) atoms. The van der Waals surface area contributed by atoms with E-state index in [4.69, 9.17) is 4.74 Å². The first-order valence-corrected chi connectivity index (χ1v) is 7.68. The van der Waals surface area contributed by atoms with Gasteiger partial charge in [0, 0.05) is 23.1 Å². The summed E-state index contributed by atoms with van der Waals surface area (Å²) in [7, 11) is 0. The van der Waals surface area contributed by atoms with Crippen LogP contribution in [0.25, 0.3) is 22.2 Å². The zero-order chi connectivity index (χ0) is 18.8. The first-order chi connectivity index (χ1) is 12.4. The second-order valence-corrected chi connectivity index (χ2v) is 5.43. The van der Waals surface area contributed by atoms with Gasteiger partial charge in [-0.1, -0.05) is 0 Å². The summed E-state index contributed by atoms with van der Waals surface area (Å²) in [5.74, 6) is -2.18. The van der Waals surface area contributed by atoms with Crippen molar-refractivity contribution in [3.05, 3.63) is 58.3 Å². The fourth-order valence-electron chi connectivity index (χ4n) is 2.54. The fraction of sp³-hybridized carbons (Fsp3) is 0.111. The highest BCUT2D eigenvalue weighted by Crippen LogP contribution is 2.32. The first-order valence-electron chi connectivity index (χ1n) is 7.68. The molecule has 0 atom stereocenters. The Hall–Kier alpha value is -3.42. The average molecular weight is 360 g/mol. The van der Waals surface area contributed by atoms with Gasteiger partial charge >= 0.3 is 6.09 Å². The molecule has 6 nitrogen and oxygen atoms in total. The molecule has 0 spiro atoms. The van der Waals surface area contributed by atoms with E-state index in [0.717, 1.165) is 24.3 Å². The Kier molecular flexibility index (Phi) is 4.57. The molecule has 3 N–H and O–H groups in total. The number of rotatable bonds is 3. The zero-order valence-corrected chi connectivity index (χ0v) is 13.6. The minimum Gasteiger partial charge on any atom is -0.505 e. The Labute approximate surface area is 146 Å². The lowest BCUT2D eigenvalue weighted by molar-refractivity contribution is 0.168. The molecule has 134 valence electrons. The van der Waals surface area contributed by atoms with Crippen LogP contribution in [0, 0.1) is 11.6 Å². The third kappa shape index (κ3) is 3.34. The molecule has 2 aromatic carbocycles. The number of hydrogen-bond acceptors (Lipinski definition) is 4. The van der Waals surface area contributed by atoms with Crippen molar-refractivity contribution in [3.8, 4) is 17.0 Å². The summed E-state index contributed by atoms with van der Waals surface area (Å²) >= 11 is 0. The zero-order valence-electron chi connectivity index (χ0n) is 13.6. The normalized spacial score (nSPS) is 10.7. The number of phenolic OH excluding ortho intramolecular Hbond substituents is 1. The van der Waals surface area contributed by atoms with Crippen LogP contribution in [0.3, 0.4) is 0 Å². The van der Waals surface area contributed by atoms with Crippen LogP contribution in [0.4, 0.5) is 19.3 Å². The molecule has 0 aliphatic rings. The number of benzene rings is 2. The summed E-state index contributed by atoms with van der Waals surface area (Å²) < 4.78 is 32.1. The van der Waals surface area contributed by atoms with Crippen molar-refractivity contribution in [3.63, 3.8) is 0 Å². The molecule has 0 unspecified atom stereocenters. The summed E-state index contributed by atoms with van der Waals surface area (Å²) in [4.78, 5) is 26.8. The maximum absolute atomic E-state index is 13.9. The van der Waals surface area contributed by atoms with Crippen LogP contribution < -0.4 is 10.7 Å². The van der Waals surface area contributed by atoms with Crippen molar-refractivity contribution in [1.82, 2.24) is 4.98 Å². The number of pyridine rings is 1. The van der Waals surface area contributed by atoms with Crippen molar-refractivity contribution < 1.29 is 23.4 Å². The number of phenols is 1. The Morgan fingerprint density at radius 3 is 2.73 bits per heavy atom. The summed E-state index contributed by atoms with van der Waals surface area (Å²) in [6.45, 7) is 1.72. The molecule has 0 saturated heterocycles. The van der Waals surface area contributed by atoms with Gasteiger partial charge in [0.1, 0.15) is 5.82 Å². The quantitative estimate of drug-likeness (QED) is 0.663. The summed E-state index contributed by atoms with van der Waals surface area (Å²) in [6, 6.07) is 6.77. The van der Waals surface area contributed by atoms with Crippen LogP contribution in [0.15, 0.2) is 41.2 Å². The third-order valence-corrected chi connectivity index (χ3v) is 3.68. The molecule has 3 rings (SSSR count). The van der Waals surface area contributed by atoms with Crippen LogP contribution in [0.1, 0.15) is 6.92 Å². The minimum absolute atomic E-state index is 0.0220. The highest BCUT2D eigenvalue weighted by molar-refractivity contribution is 5.92. The fourth-order valence-corrected chi connectivity index (χ4v) is 2.54. The van der Waals surface area contributed by atoms with E-state index >= 15 is 0 Å². The molecule has 8 heteroatoms. The van der Waals surface area contributed by atoms with E-state index in [-0.39, 0.29) is 34.5 Å². The summed E-state index contributed by atoms with van der Waals surface area (Å²) in [5.41, 5.74) is 0.0524. The van der Waals surface area contributed by atoms with Crippen LogP contribution in [-0.2, 0) is 4.74 Å². The molecule has 0 aliphatic heterocycles. The van der Waals surface area contributed by atoms with Gasteiger partial charge in [-0.3, -0.25) is 10.1 Å². The number of fused-ring (bicyclic) bond motifs is 1. The second kappa shape index (κ2) is 6.83.